The second kappa shape index (κ2) is 16.0. The smallest absolute Gasteiger partial charge is 0.0697 e. The Bertz CT molecular complexity index is 337. The van der Waals surface area contributed by atoms with Gasteiger partial charge in [0.15, 0.2) is 0 Å². The number of aryl methyl sites for hydroxylation is 1. The van der Waals surface area contributed by atoms with Crippen molar-refractivity contribution in [2.24, 2.45) is 0 Å². The fourth-order valence-electron chi connectivity index (χ4n) is 2.94. The third kappa shape index (κ3) is 13.3. The lowest BCUT2D eigenvalue weighted by molar-refractivity contribution is 0.0895. The van der Waals surface area contributed by atoms with Crippen LogP contribution < -0.4 is 0 Å². The zero-order valence-electron chi connectivity index (χ0n) is 14.8. The molecule has 0 spiro atoms. The fourth-order valence-corrected chi connectivity index (χ4v) is 2.94. The van der Waals surface area contributed by atoms with Gasteiger partial charge in [-0.3, -0.25) is 0 Å². The van der Waals surface area contributed by atoms with Gasteiger partial charge >= 0.3 is 0 Å². The van der Waals surface area contributed by atoms with E-state index in [2.05, 4.69) is 30.3 Å². The van der Waals surface area contributed by atoms with Gasteiger partial charge in [-0.05, 0) is 24.8 Å². The van der Waals surface area contributed by atoms with E-state index in [-0.39, 0.29) is 6.61 Å². The van der Waals surface area contributed by atoms with Gasteiger partial charge in [0.1, 0.15) is 0 Å². The van der Waals surface area contributed by atoms with Gasteiger partial charge in [0.05, 0.1) is 13.2 Å². The largest absolute Gasteiger partial charge is 0.394 e. The molecule has 1 aromatic carbocycles. The zero-order valence-corrected chi connectivity index (χ0v) is 14.8. The Kier molecular flexibility index (Phi) is 14.1. The molecule has 2 heteroatoms. The summed E-state index contributed by atoms with van der Waals surface area (Å²) in [5.41, 5.74) is 1.48. The number of hydrogen-bond acceptors (Lipinski definition) is 2. The standard InChI is InChI=1S/C21H36O2/c22-18-20-23-19-14-9-7-5-3-1-2-4-6-8-11-15-21-16-12-10-13-17-21/h10,12-13,16-17,22H,1-9,11,14-15,18-20H2. The van der Waals surface area contributed by atoms with Crippen LogP contribution in [0.15, 0.2) is 30.3 Å². The highest BCUT2D eigenvalue weighted by molar-refractivity contribution is 5.14. The van der Waals surface area contributed by atoms with E-state index in [1.807, 2.05) is 0 Å². The quantitative estimate of drug-likeness (QED) is 0.406. The molecule has 0 heterocycles. The molecule has 132 valence electrons. The summed E-state index contributed by atoms with van der Waals surface area (Å²) < 4.78 is 5.25. The highest BCUT2D eigenvalue weighted by atomic mass is 16.5. The number of aliphatic hydroxyl groups is 1. The molecule has 0 atom stereocenters. The molecule has 0 saturated carbocycles. The van der Waals surface area contributed by atoms with Crippen molar-refractivity contribution in [3.63, 3.8) is 0 Å². The summed E-state index contributed by atoms with van der Waals surface area (Å²) in [4.78, 5) is 0. The molecular weight excluding hydrogens is 284 g/mol. The van der Waals surface area contributed by atoms with E-state index >= 15 is 0 Å². The molecule has 0 amide bonds. The maximum atomic E-state index is 8.58. The van der Waals surface area contributed by atoms with Crippen molar-refractivity contribution in [3.8, 4) is 0 Å². The summed E-state index contributed by atoms with van der Waals surface area (Å²) in [5.74, 6) is 0. The number of hydrogen-bond donors (Lipinski definition) is 1. The minimum Gasteiger partial charge on any atom is -0.394 e. The normalized spacial score (nSPS) is 11.0. The molecule has 1 rings (SSSR count). The van der Waals surface area contributed by atoms with Crippen LogP contribution in [0.4, 0.5) is 0 Å². The third-order valence-corrected chi connectivity index (χ3v) is 4.33. The SMILES string of the molecule is OCCOCCCCCCCCCCCCCc1ccccc1. The van der Waals surface area contributed by atoms with Crippen molar-refractivity contribution in [3.05, 3.63) is 35.9 Å². The molecule has 2 nitrogen and oxygen atoms in total. The molecule has 0 aliphatic heterocycles. The Labute approximate surface area is 143 Å². The first-order chi connectivity index (χ1) is 11.4. The van der Waals surface area contributed by atoms with Crippen molar-refractivity contribution in [2.45, 2.75) is 77.0 Å². The van der Waals surface area contributed by atoms with Crippen LogP contribution in [0.2, 0.25) is 0 Å². The van der Waals surface area contributed by atoms with Gasteiger partial charge in [0.25, 0.3) is 0 Å². The van der Waals surface area contributed by atoms with E-state index in [1.54, 1.807) is 0 Å². The first-order valence-corrected chi connectivity index (χ1v) is 9.66. The topological polar surface area (TPSA) is 29.5 Å². The van der Waals surface area contributed by atoms with Crippen molar-refractivity contribution in [1.29, 1.82) is 0 Å². The second-order valence-electron chi connectivity index (χ2n) is 6.46. The van der Waals surface area contributed by atoms with Crippen LogP contribution in [0.3, 0.4) is 0 Å². The number of aliphatic hydroxyl groups excluding tert-OH is 1. The average molecular weight is 321 g/mol. The first kappa shape index (κ1) is 20.2. The molecule has 0 saturated heterocycles. The van der Waals surface area contributed by atoms with Gasteiger partial charge in [-0.15, -0.1) is 0 Å². The summed E-state index contributed by atoms with van der Waals surface area (Å²) in [5, 5.41) is 8.58. The monoisotopic (exact) mass is 320 g/mol. The summed E-state index contributed by atoms with van der Waals surface area (Å²) >= 11 is 0. The van der Waals surface area contributed by atoms with Crippen LogP contribution in [-0.4, -0.2) is 24.9 Å². The second-order valence-corrected chi connectivity index (χ2v) is 6.46. The van der Waals surface area contributed by atoms with Crippen LogP contribution in [0.5, 0.6) is 0 Å². The van der Waals surface area contributed by atoms with E-state index in [4.69, 9.17) is 9.84 Å². The van der Waals surface area contributed by atoms with E-state index < -0.39 is 0 Å². The van der Waals surface area contributed by atoms with Gasteiger partial charge in [0.2, 0.25) is 0 Å². The summed E-state index contributed by atoms with van der Waals surface area (Å²) in [6.45, 7) is 1.45. The van der Waals surface area contributed by atoms with Crippen LogP contribution in [0, 0.1) is 0 Å². The van der Waals surface area contributed by atoms with E-state index in [9.17, 15) is 0 Å². The molecule has 0 aromatic heterocycles. The van der Waals surface area contributed by atoms with Gasteiger partial charge in [0, 0.05) is 6.61 Å². The molecule has 0 radical (unpaired) electrons. The Morgan fingerprint density at radius 2 is 1.13 bits per heavy atom. The molecular formula is C21H36O2. The maximum absolute atomic E-state index is 8.58. The van der Waals surface area contributed by atoms with E-state index in [0.29, 0.717) is 6.61 Å². The van der Waals surface area contributed by atoms with E-state index in [0.717, 1.165) is 13.0 Å². The van der Waals surface area contributed by atoms with Gasteiger partial charge in [-0.1, -0.05) is 88.1 Å². The van der Waals surface area contributed by atoms with Gasteiger partial charge in [-0.25, -0.2) is 0 Å². The fraction of sp³-hybridized carbons (Fsp3) is 0.714. The Balaban J connectivity index is 1.72. The van der Waals surface area contributed by atoms with Gasteiger partial charge in [-0.2, -0.15) is 0 Å². The Morgan fingerprint density at radius 3 is 1.70 bits per heavy atom. The molecule has 0 fully saturated rings. The lowest BCUT2D eigenvalue weighted by Gasteiger charge is -2.04. The van der Waals surface area contributed by atoms with Crippen molar-refractivity contribution < 1.29 is 9.84 Å². The number of ether oxygens (including phenoxy) is 1. The van der Waals surface area contributed by atoms with Crippen LogP contribution in [-0.2, 0) is 11.2 Å². The van der Waals surface area contributed by atoms with Crippen LogP contribution >= 0.6 is 0 Å². The highest BCUT2D eigenvalue weighted by Crippen LogP contribution is 2.12. The van der Waals surface area contributed by atoms with Crippen LogP contribution in [0.25, 0.3) is 0 Å². The minimum absolute atomic E-state index is 0.145. The minimum atomic E-state index is 0.145. The van der Waals surface area contributed by atoms with E-state index in [1.165, 1.54) is 76.2 Å². The zero-order chi connectivity index (χ0) is 16.4. The molecule has 23 heavy (non-hydrogen) atoms. The molecule has 0 bridgehead atoms. The summed E-state index contributed by atoms with van der Waals surface area (Å²) in [6.07, 6.45) is 16.1. The lowest BCUT2D eigenvalue weighted by atomic mass is 10.0. The molecule has 0 unspecified atom stereocenters. The average Bonchev–Trinajstić information content (AvgIpc) is 2.59. The molecule has 1 N–H and O–H groups in total. The predicted octanol–water partition coefficient (Wildman–Crippen LogP) is 5.53. The Morgan fingerprint density at radius 1 is 0.609 bits per heavy atom. The van der Waals surface area contributed by atoms with Crippen molar-refractivity contribution in [1.82, 2.24) is 0 Å². The number of unbranched alkanes of at least 4 members (excludes halogenated alkanes) is 10. The number of rotatable bonds is 16. The molecule has 0 aliphatic rings. The molecule has 1 aromatic rings. The highest BCUT2D eigenvalue weighted by Gasteiger charge is 1.95. The third-order valence-electron chi connectivity index (χ3n) is 4.33. The van der Waals surface area contributed by atoms with Crippen molar-refractivity contribution >= 4 is 0 Å². The summed E-state index contributed by atoms with van der Waals surface area (Å²) in [6, 6.07) is 10.8. The summed E-state index contributed by atoms with van der Waals surface area (Å²) in [7, 11) is 0. The van der Waals surface area contributed by atoms with Gasteiger partial charge < -0.3 is 9.84 Å². The first-order valence-electron chi connectivity index (χ1n) is 9.66. The number of benzene rings is 1. The Hall–Kier alpha value is -0.860. The predicted molar refractivity (Wildman–Crippen MR) is 98.8 cm³/mol. The molecule has 0 aliphatic carbocycles. The lowest BCUT2D eigenvalue weighted by Crippen LogP contribution is -2.00. The van der Waals surface area contributed by atoms with Crippen LogP contribution in [0.1, 0.15) is 76.2 Å². The van der Waals surface area contributed by atoms with Crippen molar-refractivity contribution in [2.75, 3.05) is 19.8 Å². The maximum Gasteiger partial charge on any atom is 0.0697 e.